The number of amides is 4. The Labute approximate surface area is 477 Å². The molecule has 0 aliphatic heterocycles. The number of rotatable bonds is 19. The van der Waals surface area contributed by atoms with Crippen LogP contribution in [-0.2, 0) is 9.59 Å². The zero-order chi connectivity index (χ0) is 52.8. The third-order valence-electron chi connectivity index (χ3n) is 11.9. The van der Waals surface area contributed by atoms with Crippen LogP contribution in [0.1, 0.15) is 84.7 Å². The van der Waals surface area contributed by atoms with Crippen LogP contribution in [0.4, 0.5) is 22.7 Å². The molecule has 4 aromatic carbocycles. The number of hydrogen-bond acceptors (Lipinski definition) is 14. The SMILES string of the molecule is Cc1c(NC(=O)c2ccc(OCC(=O)NCCNC(=O)COc3ccc(C(=O)Nc4c(C)c(C(=O)c5ccc(N)c(C(=O)[O-])c5)n5ccccc45)cc3)cc2)c2ccccn2c1C(=O)c1ccc(N)c(C(=O)[O-])c1.[Na+].[Na+]. The summed E-state index contributed by atoms with van der Waals surface area (Å²) >= 11 is 0. The maximum Gasteiger partial charge on any atom is 1.00 e. The Balaban J connectivity index is 0.00000469. The van der Waals surface area contributed by atoms with Crippen molar-refractivity contribution in [3.05, 3.63) is 190 Å². The van der Waals surface area contributed by atoms with Crippen LogP contribution in [-0.4, -0.2) is 82.2 Å². The van der Waals surface area contributed by atoms with E-state index in [-0.39, 0.29) is 142 Å². The topological polar surface area (TPSA) is 310 Å². The van der Waals surface area contributed by atoms with E-state index in [1.54, 1.807) is 71.4 Å². The molecule has 0 aliphatic rings. The molecule has 8 aromatic rings. The van der Waals surface area contributed by atoms with E-state index >= 15 is 0 Å². The van der Waals surface area contributed by atoms with Crippen LogP contribution in [0.5, 0.6) is 11.5 Å². The molecule has 0 fully saturated rings. The van der Waals surface area contributed by atoms with Gasteiger partial charge in [-0.15, -0.1) is 0 Å². The zero-order valence-corrected chi connectivity index (χ0v) is 45.5. The van der Waals surface area contributed by atoms with Gasteiger partial charge >= 0.3 is 59.1 Å². The second kappa shape index (κ2) is 24.9. The number of ether oxygens (including phenoxy) is 2. The summed E-state index contributed by atoms with van der Waals surface area (Å²) in [6.45, 7) is 2.77. The van der Waals surface area contributed by atoms with Crippen LogP contribution >= 0.6 is 0 Å². The molecule has 4 aromatic heterocycles. The standard InChI is InChI=1S/C54H46N8O12.2Na/c1-29-45(41-7-3-5-23-61(41)47(29)49(65)33-13-19-39(55)37(25-33)53(69)70)59-51(67)31-9-15-35(16-10-31)73-27-43(63)57-21-22-58-44(64)28-74-36-17-11-32(12-18-36)52(68)60-46-30(2)48(62-24-6-4-8-42(46)62)50(66)34-14-20-40(56)38(26-34)54(71)72;;/h3-20,23-26H,21-22,27-28,55-56H2,1-2H3,(H,57,63)(H,58,64)(H,59,67)(H,60,68)(H,69,70)(H,71,72);;/q;2*+1/p-2. The molecular formula is C54H44N8Na2O12. The number of carbonyl (C=O) groups is 8. The number of pyridine rings is 2. The molecule has 4 heterocycles. The number of nitrogens with one attached hydrogen (secondary N) is 4. The first-order chi connectivity index (χ1) is 35.5. The van der Waals surface area contributed by atoms with Crippen molar-refractivity contribution < 1.29 is 117 Å². The van der Waals surface area contributed by atoms with Crippen LogP contribution in [0.15, 0.2) is 134 Å². The van der Waals surface area contributed by atoms with Crippen molar-refractivity contribution in [3.63, 3.8) is 0 Å². The number of aromatic carboxylic acids is 2. The molecule has 0 radical (unpaired) electrons. The van der Waals surface area contributed by atoms with Crippen LogP contribution in [0.25, 0.3) is 11.0 Å². The van der Waals surface area contributed by atoms with Crippen molar-refractivity contribution in [2.75, 3.05) is 48.4 Å². The summed E-state index contributed by atoms with van der Waals surface area (Å²) in [5, 5.41) is 34.1. The largest absolute Gasteiger partial charge is 1.00 e. The van der Waals surface area contributed by atoms with Crippen LogP contribution in [0.2, 0.25) is 0 Å². The number of ketones is 2. The van der Waals surface area contributed by atoms with Gasteiger partial charge in [-0.2, -0.15) is 0 Å². The van der Waals surface area contributed by atoms with Gasteiger partial charge in [-0.1, -0.05) is 12.1 Å². The second-order valence-corrected chi connectivity index (χ2v) is 16.7. The van der Waals surface area contributed by atoms with Gasteiger partial charge in [-0.25, -0.2) is 0 Å². The number of carboxylic acid groups (broad SMARTS) is 2. The van der Waals surface area contributed by atoms with Crippen molar-refractivity contribution in [1.82, 2.24) is 19.4 Å². The smallest absolute Gasteiger partial charge is 0.545 e. The molecule has 0 bridgehead atoms. The van der Waals surface area contributed by atoms with Gasteiger partial charge in [0.15, 0.2) is 13.2 Å². The number of nitrogens with zero attached hydrogens (tertiary/aromatic N) is 2. The van der Waals surface area contributed by atoms with Crippen LogP contribution in [0, 0.1) is 13.8 Å². The number of carboxylic acids is 2. The molecule has 0 spiro atoms. The molecular weight excluding hydrogens is 999 g/mol. The Hall–Kier alpha value is -8.24. The maximum atomic E-state index is 13.7. The minimum atomic E-state index is -1.52. The molecule has 4 amide bonds. The second-order valence-electron chi connectivity index (χ2n) is 16.7. The van der Waals surface area contributed by atoms with Crippen LogP contribution in [0.3, 0.4) is 0 Å². The zero-order valence-electron chi connectivity index (χ0n) is 41.5. The molecule has 76 heavy (non-hydrogen) atoms. The number of nitrogens with two attached hydrogens (primary N) is 2. The Morgan fingerprint density at radius 2 is 0.855 bits per heavy atom. The first-order valence-corrected chi connectivity index (χ1v) is 22.6. The minimum Gasteiger partial charge on any atom is -0.545 e. The third-order valence-corrected chi connectivity index (χ3v) is 11.9. The van der Waals surface area contributed by atoms with E-state index in [0.717, 1.165) is 12.1 Å². The Morgan fingerprint density at radius 1 is 0.500 bits per heavy atom. The monoisotopic (exact) mass is 1040 g/mol. The first-order valence-electron chi connectivity index (χ1n) is 22.6. The Kier molecular flexibility index (Phi) is 18.7. The predicted octanol–water partition coefficient (Wildman–Crippen LogP) is -2.63. The number of aromatic nitrogens is 2. The van der Waals surface area contributed by atoms with E-state index in [2.05, 4.69) is 21.3 Å². The molecule has 0 saturated carbocycles. The van der Waals surface area contributed by atoms with Gasteiger partial charge in [0.05, 0.1) is 45.7 Å². The molecule has 0 saturated heterocycles. The number of hydrogen-bond donors (Lipinski definition) is 6. The average molecular weight is 1040 g/mol. The molecule has 22 heteroatoms. The van der Waals surface area contributed by atoms with Gasteiger partial charge in [0, 0.05) is 81.4 Å². The number of benzene rings is 4. The number of fused-ring (bicyclic) bond motifs is 2. The average Bonchev–Trinajstić information content (AvgIpc) is 3.83. The summed E-state index contributed by atoms with van der Waals surface area (Å²) in [7, 11) is 0. The molecule has 8 rings (SSSR count). The van der Waals surface area contributed by atoms with Crippen molar-refractivity contribution in [2.45, 2.75) is 13.8 Å². The van der Waals surface area contributed by atoms with Crippen molar-refractivity contribution in [2.24, 2.45) is 0 Å². The molecule has 8 N–H and O–H groups in total. The van der Waals surface area contributed by atoms with E-state index in [0.29, 0.717) is 45.0 Å². The third kappa shape index (κ3) is 12.5. The minimum absolute atomic E-state index is 0. The van der Waals surface area contributed by atoms with Crippen molar-refractivity contribution >= 4 is 80.9 Å². The number of anilines is 4. The molecule has 374 valence electrons. The quantitative estimate of drug-likeness (QED) is 0.0209. The summed E-state index contributed by atoms with van der Waals surface area (Å²) < 4.78 is 14.4. The summed E-state index contributed by atoms with van der Waals surface area (Å²) in [6.07, 6.45) is 3.30. The van der Waals surface area contributed by atoms with Crippen molar-refractivity contribution in [1.29, 1.82) is 0 Å². The van der Waals surface area contributed by atoms with Gasteiger partial charge < -0.3 is 70.8 Å². The van der Waals surface area contributed by atoms with Crippen molar-refractivity contribution in [3.8, 4) is 11.5 Å². The van der Waals surface area contributed by atoms with E-state index < -0.39 is 47.1 Å². The molecule has 0 atom stereocenters. The maximum absolute atomic E-state index is 13.7. The van der Waals surface area contributed by atoms with E-state index in [1.807, 2.05) is 0 Å². The summed E-state index contributed by atoms with van der Waals surface area (Å²) in [4.78, 5) is 102. The fourth-order valence-corrected chi connectivity index (χ4v) is 8.14. The summed E-state index contributed by atoms with van der Waals surface area (Å²) in [5.74, 6) is -5.36. The number of nitrogen functional groups attached to an aromatic ring is 2. The van der Waals surface area contributed by atoms with Crippen LogP contribution < -0.4 is 112 Å². The first kappa shape index (κ1) is 57.0. The number of carbonyl (C=O) groups excluding carboxylic acids is 8. The molecule has 0 aliphatic carbocycles. The van der Waals surface area contributed by atoms with E-state index in [4.69, 9.17) is 20.9 Å². The summed E-state index contributed by atoms with van der Waals surface area (Å²) in [5.41, 5.74) is 14.5. The summed E-state index contributed by atoms with van der Waals surface area (Å²) in [6, 6.07) is 30.2. The van der Waals surface area contributed by atoms with Gasteiger partial charge in [-0.3, -0.25) is 28.8 Å². The Bertz CT molecular complexity index is 3360. The van der Waals surface area contributed by atoms with Gasteiger partial charge in [0.25, 0.3) is 23.6 Å². The van der Waals surface area contributed by atoms with Gasteiger partial charge in [0.1, 0.15) is 11.5 Å². The molecule has 20 nitrogen and oxygen atoms in total. The van der Waals surface area contributed by atoms with E-state index in [1.165, 1.54) is 72.8 Å². The normalized spacial score (nSPS) is 10.6. The fourth-order valence-electron chi connectivity index (χ4n) is 8.14. The molecule has 0 unspecified atom stereocenters. The van der Waals surface area contributed by atoms with E-state index in [9.17, 15) is 48.6 Å². The van der Waals surface area contributed by atoms with Gasteiger partial charge in [-0.05, 0) is 123 Å². The van der Waals surface area contributed by atoms with Gasteiger partial charge in [0.2, 0.25) is 11.6 Å². The predicted molar refractivity (Wildman–Crippen MR) is 267 cm³/mol. The Morgan fingerprint density at radius 3 is 1.21 bits per heavy atom. The fraction of sp³-hybridized carbons (Fsp3) is 0.111.